The summed E-state index contributed by atoms with van der Waals surface area (Å²) in [4.78, 5) is 0. The highest BCUT2D eigenvalue weighted by atomic mass is 16.3. The zero-order chi connectivity index (χ0) is 8.34. The maximum atomic E-state index is 9.95. The molecule has 0 spiro atoms. The van der Waals surface area contributed by atoms with Crippen LogP contribution in [-0.4, -0.2) is 5.11 Å². The smallest absolute Gasteiger partial charge is 0.0852 e. The Bertz CT molecular complexity index is 330. The molecule has 0 saturated heterocycles. The summed E-state index contributed by atoms with van der Waals surface area (Å²) >= 11 is 0. The third-order valence-corrected chi connectivity index (χ3v) is 3.57. The highest BCUT2D eigenvalue weighted by molar-refractivity contribution is 5.46. The molecule has 2 aliphatic rings. The molecular formula is C11H12O. The van der Waals surface area contributed by atoms with Crippen molar-refractivity contribution >= 4 is 0 Å². The summed E-state index contributed by atoms with van der Waals surface area (Å²) < 4.78 is 0. The predicted octanol–water partition coefficient (Wildman–Crippen LogP) is 2.23. The van der Waals surface area contributed by atoms with Gasteiger partial charge in [0.05, 0.1) is 6.10 Å². The summed E-state index contributed by atoms with van der Waals surface area (Å²) in [6.45, 7) is 2.18. The Morgan fingerprint density at radius 1 is 1.33 bits per heavy atom. The molecule has 12 heavy (non-hydrogen) atoms. The molecule has 0 amide bonds. The maximum Gasteiger partial charge on any atom is 0.0852 e. The lowest BCUT2D eigenvalue weighted by Crippen LogP contribution is -2.05. The highest BCUT2D eigenvalue weighted by Crippen LogP contribution is 2.71. The normalized spacial score (nSPS) is 42.2. The third-order valence-electron chi connectivity index (χ3n) is 3.57. The molecule has 0 aliphatic heterocycles. The molecule has 1 aromatic rings. The van der Waals surface area contributed by atoms with E-state index in [2.05, 4.69) is 25.1 Å². The van der Waals surface area contributed by atoms with Gasteiger partial charge in [0.2, 0.25) is 0 Å². The molecule has 62 valence electrons. The maximum absolute atomic E-state index is 9.95. The molecule has 1 fully saturated rings. The van der Waals surface area contributed by atoms with Crippen molar-refractivity contribution in [2.24, 2.45) is 5.41 Å². The van der Waals surface area contributed by atoms with Crippen molar-refractivity contribution in [1.29, 1.82) is 0 Å². The molecule has 1 aromatic carbocycles. The fourth-order valence-electron chi connectivity index (χ4n) is 2.58. The van der Waals surface area contributed by atoms with E-state index >= 15 is 0 Å². The average molecular weight is 160 g/mol. The molecule has 3 rings (SSSR count). The first-order chi connectivity index (χ1) is 5.73. The SMILES string of the molecule is C[C@]12C[C@H]1c1ccccc1[C@@H]2O. The molecule has 0 heterocycles. The van der Waals surface area contributed by atoms with Crippen LogP contribution in [0.1, 0.15) is 36.5 Å². The Morgan fingerprint density at radius 3 is 2.67 bits per heavy atom. The van der Waals surface area contributed by atoms with Gasteiger partial charge in [-0.3, -0.25) is 0 Å². The minimum atomic E-state index is -0.210. The number of hydrogen-bond donors (Lipinski definition) is 1. The van der Waals surface area contributed by atoms with Crippen molar-refractivity contribution in [2.75, 3.05) is 0 Å². The Kier molecular flexibility index (Phi) is 0.969. The topological polar surface area (TPSA) is 20.2 Å². The molecule has 0 radical (unpaired) electrons. The number of hydrogen-bond acceptors (Lipinski definition) is 1. The highest BCUT2D eigenvalue weighted by Gasteiger charge is 2.61. The van der Waals surface area contributed by atoms with Gasteiger partial charge in [-0.25, -0.2) is 0 Å². The predicted molar refractivity (Wildman–Crippen MR) is 46.9 cm³/mol. The van der Waals surface area contributed by atoms with Crippen molar-refractivity contribution in [1.82, 2.24) is 0 Å². The van der Waals surface area contributed by atoms with E-state index in [1.807, 2.05) is 6.07 Å². The zero-order valence-electron chi connectivity index (χ0n) is 7.12. The molecule has 0 aromatic heterocycles. The van der Waals surface area contributed by atoms with Gasteiger partial charge < -0.3 is 5.11 Å². The van der Waals surface area contributed by atoms with Crippen LogP contribution in [0.2, 0.25) is 0 Å². The van der Waals surface area contributed by atoms with Gasteiger partial charge in [0.25, 0.3) is 0 Å². The molecule has 2 aliphatic carbocycles. The molecule has 1 N–H and O–H groups in total. The number of fused-ring (bicyclic) bond motifs is 3. The van der Waals surface area contributed by atoms with Crippen LogP contribution in [0, 0.1) is 5.41 Å². The fraction of sp³-hybridized carbons (Fsp3) is 0.455. The second kappa shape index (κ2) is 1.74. The third kappa shape index (κ3) is 0.558. The van der Waals surface area contributed by atoms with Gasteiger partial charge in [0.15, 0.2) is 0 Å². The number of rotatable bonds is 0. The van der Waals surface area contributed by atoms with E-state index in [4.69, 9.17) is 0 Å². The van der Waals surface area contributed by atoms with Crippen molar-refractivity contribution in [3.63, 3.8) is 0 Å². The minimum Gasteiger partial charge on any atom is -0.388 e. The molecule has 1 saturated carbocycles. The van der Waals surface area contributed by atoms with Crippen molar-refractivity contribution < 1.29 is 5.11 Å². The van der Waals surface area contributed by atoms with Crippen LogP contribution in [0.3, 0.4) is 0 Å². The first-order valence-electron chi connectivity index (χ1n) is 4.50. The van der Waals surface area contributed by atoms with E-state index in [1.165, 1.54) is 12.0 Å². The van der Waals surface area contributed by atoms with Gasteiger partial charge in [-0.15, -0.1) is 0 Å². The summed E-state index contributed by atoms with van der Waals surface area (Å²) in [6, 6.07) is 8.28. The second-order valence-electron chi connectivity index (χ2n) is 4.29. The quantitative estimate of drug-likeness (QED) is 0.617. The van der Waals surface area contributed by atoms with Crippen LogP contribution in [0.15, 0.2) is 24.3 Å². The Morgan fingerprint density at radius 2 is 2.00 bits per heavy atom. The summed E-state index contributed by atoms with van der Waals surface area (Å²) in [7, 11) is 0. The Balaban J connectivity index is 2.21. The molecular weight excluding hydrogens is 148 g/mol. The van der Waals surface area contributed by atoms with Gasteiger partial charge in [-0.2, -0.15) is 0 Å². The van der Waals surface area contributed by atoms with Crippen LogP contribution in [0.5, 0.6) is 0 Å². The Labute approximate surface area is 72.0 Å². The van der Waals surface area contributed by atoms with Gasteiger partial charge in [-0.1, -0.05) is 31.2 Å². The van der Waals surface area contributed by atoms with Crippen LogP contribution < -0.4 is 0 Å². The van der Waals surface area contributed by atoms with E-state index < -0.39 is 0 Å². The molecule has 0 unspecified atom stereocenters. The summed E-state index contributed by atoms with van der Waals surface area (Å²) in [5, 5.41) is 9.95. The van der Waals surface area contributed by atoms with Crippen LogP contribution >= 0.6 is 0 Å². The molecule has 1 heteroatoms. The van der Waals surface area contributed by atoms with E-state index in [9.17, 15) is 5.11 Å². The number of aliphatic hydroxyl groups excluding tert-OH is 1. The second-order valence-corrected chi connectivity index (χ2v) is 4.29. The minimum absolute atomic E-state index is 0.184. The van der Waals surface area contributed by atoms with E-state index in [0.717, 1.165) is 5.56 Å². The zero-order valence-corrected chi connectivity index (χ0v) is 7.12. The van der Waals surface area contributed by atoms with Crippen LogP contribution in [-0.2, 0) is 0 Å². The first-order valence-corrected chi connectivity index (χ1v) is 4.50. The van der Waals surface area contributed by atoms with E-state index in [1.54, 1.807) is 0 Å². The van der Waals surface area contributed by atoms with E-state index in [0.29, 0.717) is 5.92 Å². The van der Waals surface area contributed by atoms with Gasteiger partial charge >= 0.3 is 0 Å². The summed E-state index contributed by atoms with van der Waals surface area (Å²) in [6.07, 6.45) is 0.962. The monoisotopic (exact) mass is 160 g/mol. The van der Waals surface area contributed by atoms with E-state index in [-0.39, 0.29) is 11.5 Å². The summed E-state index contributed by atoms with van der Waals surface area (Å²) in [5.74, 6) is 0.642. The lowest BCUT2D eigenvalue weighted by Gasteiger charge is -2.13. The van der Waals surface area contributed by atoms with Gasteiger partial charge in [-0.05, 0) is 23.5 Å². The van der Waals surface area contributed by atoms with Crippen molar-refractivity contribution in [2.45, 2.75) is 25.4 Å². The van der Waals surface area contributed by atoms with Gasteiger partial charge in [0, 0.05) is 5.41 Å². The first kappa shape index (κ1) is 6.67. The van der Waals surface area contributed by atoms with Crippen LogP contribution in [0.25, 0.3) is 0 Å². The molecule has 1 nitrogen and oxygen atoms in total. The fourth-order valence-corrected chi connectivity index (χ4v) is 2.58. The number of aliphatic hydroxyl groups is 1. The lowest BCUT2D eigenvalue weighted by molar-refractivity contribution is 0.111. The average Bonchev–Trinajstić information content (AvgIpc) is 2.73. The largest absolute Gasteiger partial charge is 0.388 e. The van der Waals surface area contributed by atoms with Gasteiger partial charge in [0.1, 0.15) is 0 Å². The number of benzene rings is 1. The summed E-state index contributed by atoms with van der Waals surface area (Å²) in [5.41, 5.74) is 2.73. The lowest BCUT2D eigenvalue weighted by atomic mass is 9.99. The van der Waals surface area contributed by atoms with Crippen molar-refractivity contribution in [3.05, 3.63) is 35.4 Å². The standard InChI is InChI=1S/C11H12O/c1-11-6-9(11)7-4-2-3-5-8(7)10(11)12/h2-5,9-10,12H,6H2,1H3/t9-,10-,11-/m0/s1. The molecule has 3 atom stereocenters. The van der Waals surface area contributed by atoms with Crippen molar-refractivity contribution in [3.8, 4) is 0 Å². The Hall–Kier alpha value is -0.820. The van der Waals surface area contributed by atoms with Crippen LogP contribution in [0.4, 0.5) is 0 Å². The molecule has 0 bridgehead atoms.